The van der Waals surface area contributed by atoms with Crippen molar-refractivity contribution in [3.63, 3.8) is 0 Å². The number of carbonyl (C=O) groups excluding carboxylic acids is 2. The van der Waals surface area contributed by atoms with Gasteiger partial charge in [0.05, 0.1) is 11.4 Å². The highest BCUT2D eigenvalue weighted by atomic mass is 16.2. The Labute approximate surface area is 139 Å². The van der Waals surface area contributed by atoms with Crippen molar-refractivity contribution in [2.45, 2.75) is 0 Å². The molecule has 5 heteroatoms. The molecule has 0 saturated carbocycles. The van der Waals surface area contributed by atoms with Gasteiger partial charge in [-0.2, -0.15) is 0 Å². The quantitative estimate of drug-likeness (QED) is 0.790. The number of nitrogens with one attached hydrogen (secondary N) is 1. The summed E-state index contributed by atoms with van der Waals surface area (Å²) >= 11 is 0. The van der Waals surface area contributed by atoms with Crippen molar-refractivity contribution in [2.75, 3.05) is 16.8 Å². The molecule has 1 aliphatic rings. The molecule has 0 radical (unpaired) electrons. The van der Waals surface area contributed by atoms with Crippen LogP contribution in [0.4, 0.5) is 11.4 Å². The normalized spacial score (nSPS) is 13.3. The highest BCUT2D eigenvalue weighted by molar-refractivity contribution is 6.15. The van der Waals surface area contributed by atoms with E-state index in [0.717, 1.165) is 5.69 Å². The van der Waals surface area contributed by atoms with Crippen LogP contribution in [-0.2, 0) is 4.79 Å². The first-order valence-corrected chi connectivity index (χ1v) is 7.66. The van der Waals surface area contributed by atoms with Crippen LogP contribution in [0, 0.1) is 0 Å². The minimum Gasteiger partial charge on any atom is -0.324 e. The van der Waals surface area contributed by atoms with Gasteiger partial charge in [-0.1, -0.05) is 18.2 Å². The lowest BCUT2D eigenvalue weighted by Gasteiger charge is -2.29. The van der Waals surface area contributed by atoms with Crippen molar-refractivity contribution in [2.24, 2.45) is 0 Å². The zero-order chi connectivity index (χ0) is 16.5. The molecule has 24 heavy (non-hydrogen) atoms. The van der Waals surface area contributed by atoms with E-state index in [1.807, 2.05) is 65.5 Å². The van der Waals surface area contributed by atoms with Crippen LogP contribution in [0.15, 0.2) is 73.1 Å². The molecular formula is C19H15N3O2. The van der Waals surface area contributed by atoms with E-state index >= 15 is 0 Å². The number of carbonyl (C=O) groups is 2. The third-order valence-electron chi connectivity index (χ3n) is 4.01. The van der Waals surface area contributed by atoms with Gasteiger partial charge in [-0.15, -0.1) is 0 Å². The molecule has 0 atom stereocenters. The number of fused-ring (bicyclic) bond motifs is 1. The van der Waals surface area contributed by atoms with Crippen LogP contribution in [-0.4, -0.2) is 22.9 Å². The highest BCUT2D eigenvalue weighted by Gasteiger charge is 2.27. The zero-order valence-electron chi connectivity index (χ0n) is 12.8. The lowest BCUT2D eigenvalue weighted by atomic mass is 10.1. The number of anilines is 2. The van der Waals surface area contributed by atoms with E-state index in [2.05, 4.69) is 5.32 Å². The number of rotatable bonds is 2. The molecule has 0 spiro atoms. The van der Waals surface area contributed by atoms with E-state index in [1.54, 1.807) is 12.1 Å². The minimum atomic E-state index is -0.191. The molecule has 0 fully saturated rings. The first kappa shape index (κ1) is 14.3. The summed E-state index contributed by atoms with van der Waals surface area (Å²) in [4.78, 5) is 26.4. The monoisotopic (exact) mass is 317 g/mol. The van der Waals surface area contributed by atoms with Gasteiger partial charge >= 0.3 is 0 Å². The van der Waals surface area contributed by atoms with Gasteiger partial charge in [-0.25, -0.2) is 0 Å². The summed E-state index contributed by atoms with van der Waals surface area (Å²) in [6, 6.07) is 18.6. The van der Waals surface area contributed by atoms with E-state index < -0.39 is 0 Å². The summed E-state index contributed by atoms with van der Waals surface area (Å²) in [5, 5.41) is 2.79. The van der Waals surface area contributed by atoms with Crippen molar-refractivity contribution in [3.05, 3.63) is 78.6 Å². The second kappa shape index (κ2) is 5.70. The second-order valence-corrected chi connectivity index (χ2v) is 5.60. The molecule has 1 aliphatic heterocycles. The molecule has 118 valence electrons. The molecule has 2 amide bonds. The Hall–Kier alpha value is -3.34. The fraction of sp³-hybridized carbons (Fsp3) is 0.0526. The maximum absolute atomic E-state index is 13.0. The molecule has 0 bridgehead atoms. The van der Waals surface area contributed by atoms with Crippen molar-refractivity contribution >= 4 is 23.2 Å². The number of para-hydroxylation sites is 2. The van der Waals surface area contributed by atoms with Crippen molar-refractivity contribution in [1.29, 1.82) is 0 Å². The van der Waals surface area contributed by atoms with Gasteiger partial charge < -0.3 is 9.88 Å². The second-order valence-electron chi connectivity index (χ2n) is 5.60. The molecule has 4 rings (SSSR count). The number of benzene rings is 2. The predicted molar refractivity (Wildman–Crippen MR) is 92.5 cm³/mol. The average Bonchev–Trinajstić information content (AvgIpc) is 3.15. The van der Waals surface area contributed by atoms with Crippen LogP contribution < -0.4 is 10.2 Å². The number of aromatic nitrogens is 1. The smallest absolute Gasteiger partial charge is 0.258 e. The summed E-state index contributed by atoms with van der Waals surface area (Å²) in [5.74, 6) is -0.380. The van der Waals surface area contributed by atoms with Gasteiger partial charge in [0, 0.05) is 23.6 Å². The number of hydrogen-bond donors (Lipinski definition) is 1. The first-order valence-electron chi connectivity index (χ1n) is 7.66. The Bertz CT molecular complexity index is 916. The maximum atomic E-state index is 13.0. The van der Waals surface area contributed by atoms with Crippen LogP contribution in [0.25, 0.3) is 5.69 Å². The lowest BCUT2D eigenvalue weighted by Crippen LogP contribution is -2.42. The molecule has 2 aromatic carbocycles. The van der Waals surface area contributed by atoms with Gasteiger partial charge in [-0.3, -0.25) is 14.5 Å². The zero-order valence-corrected chi connectivity index (χ0v) is 12.8. The first-order chi connectivity index (χ1) is 11.7. The number of nitrogens with zero attached hydrogens (tertiary/aromatic N) is 2. The van der Waals surface area contributed by atoms with Gasteiger partial charge in [0.2, 0.25) is 5.91 Å². The van der Waals surface area contributed by atoms with E-state index in [4.69, 9.17) is 0 Å². The van der Waals surface area contributed by atoms with Gasteiger partial charge in [0.25, 0.3) is 5.91 Å². The Morgan fingerprint density at radius 3 is 2.58 bits per heavy atom. The Balaban J connectivity index is 1.72. The van der Waals surface area contributed by atoms with Crippen LogP contribution >= 0.6 is 0 Å². The average molecular weight is 317 g/mol. The molecule has 0 unspecified atom stereocenters. The van der Waals surface area contributed by atoms with E-state index in [-0.39, 0.29) is 18.4 Å². The van der Waals surface area contributed by atoms with E-state index in [0.29, 0.717) is 16.9 Å². The third kappa shape index (κ3) is 2.46. The molecule has 1 aromatic heterocycles. The van der Waals surface area contributed by atoms with Gasteiger partial charge in [0.1, 0.15) is 6.54 Å². The Morgan fingerprint density at radius 2 is 1.75 bits per heavy atom. The van der Waals surface area contributed by atoms with Crippen LogP contribution in [0.2, 0.25) is 0 Å². The molecule has 3 aromatic rings. The molecular weight excluding hydrogens is 302 g/mol. The molecule has 2 heterocycles. The van der Waals surface area contributed by atoms with Gasteiger partial charge in [0.15, 0.2) is 0 Å². The summed E-state index contributed by atoms with van der Waals surface area (Å²) in [6.45, 7) is 0.0175. The van der Waals surface area contributed by atoms with Crippen molar-refractivity contribution in [3.8, 4) is 5.69 Å². The minimum absolute atomic E-state index is 0.0175. The van der Waals surface area contributed by atoms with Crippen molar-refractivity contribution < 1.29 is 9.59 Å². The third-order valence-corrected chi connectivity index (χ3v) is 4.01. The topological polar surface area (TPSA) is 54.3 Å². The SMILES string of the molecule is O=C1CN(C(=O)c2cccc(-n3cccc3)c2)c2ccccc2N1. The predicted octanol–water partition coefficient (Wildman–Crippen LogP) is 3.08. The largest absolute Gasteiger partial charge is 0.324 e. The summed E-state index contributed by atoms with van der Waals surface area (Å²) in [7, 11) is 0. The summed E-state index contributed by atoms with van der Waals surface area (Å²) < 4.78 is 1.94. The molecule has 0 saturated heterocycles. The van der Waals surface area contributed by atoms with E-state index in [1.165, 1.54) is 4.90 Å². The fourth-order valence-corrected chi connectivity index (χ4v) is 2.88. The van der Waals surface area contributed by atoms with E-state index in [9.17, 15) is 9.59 Å². The van der Waals surface area contributed by atoms with Crippen molar-refractivity contribution in [1.82, 2.24) is 4.57 Å². The number of hydrogen-bond acceptors (Lipinski definition) is 2. The summed E-state index contributed by atoms with van der Waals surface area (Å²) in [6.07, 6.45) is 3.85. The van der Waals surface area contributed by atoms with Crippen LogP contribution in [0.1, 0.15) is 10.4 Å². The summed E-state index contributed by atoms with van der Waals surface area (Å²) in [5.41, 5.74) is 2.82. The number of amides is 2. The lowest BCUT2D eigenvalue weighted by molar-refractivity contribution is -0.115. The standard InChI is InChI=1S/C19H15N3O2/c23-18-13-22(17-9-2-1-8-16(17)20-18)19(24)14-6-5-7-15(12-14)21-10-3-4-11-21/h1-12H,13H2,(H,20,23). The Morgan fingerprint density at radius 1 is 0.958 bits per heavy atom. The maximum Gasteiger partial charge on any atom is 0.258 e. The molecule has 1 N–H and O–H groups in total. The Kier molecular flexibility index (Phi) is 3.39. The fourth-order valence-electron chi connectivity index (χ4n) is 2.88. The highest BCUT2D eigenvalue weighted by Crippen LogP contribution is 2.30. The molecule has 0 aliphatic carbocycles. The van der Waals surface area contributed by atoms with Crippen LogP contribution in [0.5, 0.6) is 0 Å². The van der Waals surface area contributed by atoms with Gasteiger partial charge in [-0.05, 0) is 42.5 Å². The molecule has 5 nitrogen and oxygen atoms in total. The van der Waals surface area contributed by atoms with Crippen LogP contribution in [0.3, 0.4) is 0 Å².